The number of aromatic hydroxyl groups is 1. The number of nitrogens with one attached hydrogen (secondary N) is 2. The van der Waals surface area contributed by atoms with Gasteiger partial charge in [0.1, 0.15) is 11.4 Å². The summed E-state index contributed by atoms with van der Waals surface area (Å²) in [4.78, 5) is 23.1. The van der Waals surface area contributed by atoms with Gasteiger partial charge in [0, 0.05) is 12.1 Å². The normalized spacial score (nSPS) is 10.9. The number of nitrogens with zero attached hydrogens (tertiary/aromatic N) is 4. The lowest BCUT2D eigenvalue weighted by atomic mass is 10.2. The lowest BCUT2D eigenvalue weighted by Crippen LogP contribution is -2.34. The summed E-state index contributed by atoms with van der Waals surface area (Å²) in [5, 5.41) is 32.4. The number of non-ortho nitro benzene ring substituents is 1. The molecule has 1 amide bonds. The molecule has 0 unspecified atom stereocenters. The number of para-hydroxylation sites is 1. The second kappa shape index (κ2) is 10.4. The molecule has 0 spiro atoms. The zero-order valence-corrected chi connectivity index (χ0v) is 18.5. The zero-order chi connectivity index (χ0) is 23.9. The number of amides is 1. The Morgan fingerprint density at radius 2 is 1.94 bits per heavy atom. The highest BCUT2D eigenvalue weighted by Gasteiger charge is 2.25. The first-order valence-electron chi connectivity index (χ1n) is 10.1. The topological polar surface area (TPSA) is 137 Å². The number of H-pyrrole nitrogens is 1. The van der Waals surface area contributed by atoms with Crippen LogP contribution in [0, 0.1) is 10.1 Å². The van der Waals surface area contributed by atoms with E-state index in [9.17, 15) is 20.0 Å². The maximum Gasteiger partial charge on any atom is 0.342 e. The lowest BCUT2D eigenvalue weighted by Gasteiger charge is -2.04. The fourth-order valence-electron chi connectivity index (χ4n) is 3.12. The number of hydrogen-bond donors (Lipinski definition) is 3. The molecular formula is C23H19N6O4S+. The molecule has 0 saturated heterocycles. The Morgan fingerprint density at radius 1 is 1.15 bits per heavy atom. The first kappa shape index (κ1) is 22.7. The molecule has 0 aliphatic carbocycles. The van der Waals surface area contributed by atoms with Gasteiger partial charge in [-0.3, -0.25) is 14.9 Å². The van der Waals surface area contributed by atoms with Crippen molar-refractivity contribution in [1.29, 1.82) is 0 Å². The molecule has 0 radical (unpaired) electrons. The molecule has 11 heteroatoms. The monoisotopic (exact) mass is 475 g/mol. The Morgan fingerprint density at radius 3 is 2.71 bits per heavy atom. The van der Waals surface area contributed by atoms with Crippen molar-refractivity contribution in [2.45, 2.75) is 5.16 Å². The third kappa shape index (κ3) is 5.45. The van der Waals surface area contributed by atoms with Crippen LogP contribution in [-0.2, 0) is 4.79 Å². The zero-order valence-electron chi connectivity index (χ0n) is 17.7. The van der Waals surface area contributed by atoms with Gasteiger partial charge in [-0.15, -0.1) is 5.10 Å². The molecule has 0 aliphatic rings. The first-order chi connectivity index (χ1) is 16.5. The van der Waals surface area contributed by atoms with E-state index in [2.05, 4.69) is 20.7 Å². The number of phenolic OH excluding ortho intramolecular Hbond substituents is 1. The summed E-state index contributed by atoms with van der Waals surface area (Å²) in [7, 11) is 0. The van der Waals surface area contributed by atoms with Crippen molar-refractivity contribution in [2.24, 2.45) is 5.10 Å². The average Bonchev–Trinajstić information content (AvgIpc) is 3.27. The van der Waals surface area contributed by atoms with Crippen LogP contribution in [0.3, 0.4) is 0 Å². The number of hydrogen-bond acceptors (Lipinski definition) is 7. The van der Waals surface area contributed by atoms with Crippen molar-refractivity contribution in [3.8, 4) is 22.8 Å². The molecule has 3 aromatic carbocycles. The number of aromatic nitrogens is 3. The van der Waals surface area contributed by atoms with Gasteiger partial charge in [0.15, 0.2) is 0 Å². The standard InChI is InChI=1S/C23H18N6O4S/c30-20-11-4-6-16(12-20)14-24-25-21(31)15-34-23-27-26-22(28(23)18-8-2-1-3-9-18)17-7-5-10-19(13-17)29(32)33/h1-14H,15H2,(H2,25,30,31)/p+1/b24-14+. The smallest absolute Gasteiger partial charge is 0.342 e. The number of aromatic amines is 1. The van der Waals surface area contributed by atoms with E-state index in [-0.39, 0.29) is 23.1 Å². The Labute approximate surface area is 198 Å². The molecular weight excluding hydrogens is 456 g/mol. The average molecular weight is 476 g/mol. The number of hydrazone groups is 1. The second-order valence-electron chi connectivity index (χ2n) is 7.01. The SMILES string of the molecule is O=C(CSc1n[nH]c(-c2cccc([N+](=O)[O-])c2)[n+]1-c1ccccc1)N/N=C/c1cccc(O)c1. The number of thioether (sulfide) groups is 1. The number of carbonyl (C=O) groups excluding carboxylic acids is 1. The summed E-state index contributed by atoms with van der Waals surface area (Å²) in [6.07, 6.45) is 1.43. The molecule has 1 heterocycles. The van der Waals surface area contributed by atoms with Gasteiger partial charge in [0.25, 0.3) is 17.4 Å². The molecule has 4 aromatic rings. The van der Waals surface area contributed by atoms with Gasteiger partial charge >= 0.3 is 5.16 Å². The van der Waals surface area contributed by atoms with Crippen molar-refractivity contribution in [1.82, 2.24) is 15.6 Å². The quantitative estimate of drug-likeness (QED) is 0.118. The fraction of sp³-hybridized carbons (Fsp3) is 0.0435. The molecule has 0 atom stereocenters. The Kier molecular flexibility index (Phi) is 6.94. The number of carbonyl (C=O) groups is 1. The van der Waals surface area contributed by atoms with E-state index in [4.69, 9.17) is 0 Å². The first-order valence-corrected chi connectivity index (χ1v) is 11.0. The van der Waals surface area contributed by atoms with Crippen LogP contribution in [-0.4, -0.2) is 38.1 Å². The molecule has 3 N–H and O–H groups in total. The largest absolute Gasteiger partial charge is 0.508 e. The third-order valence-electron chi connectivity index (χ3n) is 4.62. The van der Waals surface area contributed by atoms with Crippen LogP contribution in [0.1, 0.15) is 5.56 Å². The number of phenols is 1. The predicted molar refractivity (Wildman–Crippen MR) is 127 cm³/mol. The number of nitro groups is 1. The van der Waals surface area contributed by atoms with Crippen LogP contribution < -0.4 is 9.99 Å². The van der Waals surface area contributed by atoms with Gasteiger partial charge in [-0.25, -0.2) is 5.43 Å². The number of rotatable bonds is 8. The van der Waals surface area contributed by atoms with Crippen molar-refractivity contribution in [3.63, 3.8) is 0 Å². The fourth-order valence-corrected chi connectivity index (χ4v) is 3.88. The van der Waals surface area contributed by atoms with E-state index in [1.54, 1.807) is 34.9 Å². The van der Waals surface area contributed by atoms with Crippen LogP contribution in [0.4, 0.5) is 5.69 Å². The minimum atomic E-state index is -0.454. The van der Waals surface area contributed by atoms with E-state index >= 15 is 0 Å². The maximum absolute atomic E-state index is 12.3. The minimum Gasteiger partial charge on any atom is -0.508 e. The predicted octanol–water partition coefficient (Wildman–Crippen LogP) is 3.21. The van der Waals surface area contributed by atoms with E-state index < -0.39 is 4.92 Å². The highest BCUT2D eigenvalue weighted by atomic mass is 32.2. The van der Waals surface area contributed by atoms with Crippen LogP contribution in [0.15, 0.2) is 89.1 Å². The number of nitro benzene ring substituents is 1. The Hall–Kier alpha value is -4.51. The van der Waals surface area contributed by atoms with Gasteiger partial charge in [0.05, 0.1) is 27.6 Å². The molecule has 170 valence electrons. The molecule has 0 fully saturated rings. The molecule has 4 rings (SSSR count). The summed E-state index contributed by atoms with van der Waals surface area (Å²) in [5.74, 6) is 0.332. The highest BCUT2D eigenvalue weighted by molar-refractivity contribution is 7.99. The van der Waals surface area contributed by atoms with Gasteiger partial charge in [0.2, 0.25) is 0 Å². The van der Waals surface area contributed by atoms with Crippen LogP contribution in [0.5, 0.6) is 5.75 Å². The summed E-state index contributed by atoms with van der Waals surface area (Å²) in [5.41, 5.74) is 4.41. The molecule has 34 heavy (non-hydrogen) atoms. The highest BCUT2D eigenvalue weighted by Crippen LogP contribution is 2.23. The maximum atomic E-state index is 12.3. The second-order valence-corrected chi connectivity index (χ2v) is 7.95. The molecule has 1 aromatic heterocycles. The summed E-state index contributed by atoms with van der Waals surface area (Å²) >= 11 is 1.19. The van der Waals surface area contributed by atoms with E-state index in [0.29, 0.717) is 22.1 Å². The third-order valence-corrected chi connectivity index (χ3v) is 5.56. The Bertz CT molecular complexity index is 1360. The van der Waals surface area contributed by atoms with Gasteiger partial charge in [-0.05, 0) is 47.7 Å². The summed E-state index contributed by atoms with van der Waals surface area (Å²) < 4.78 is 1.80. The minimum absolute atomic E-state index is 0.0312. The molecule has 10 nitrogen and oxygen atoms in total. The number of benzene rings is 3. The van der Waals surface area contributed by atoms with Gasteiger partial charge in [-0.1, -0.05) is 36.4 Å². The van der Waals surface area contributed by atoms with E-state index in [0.717, 1.165) is 5.69 Å². The lowest BCUT2D eigenvalue weighted by molar-refractivity contribution is -0.625. The summed E-state index contributed by atoms with van der Waals surface area (Å²) in [6.45, 7) is 0. The van der Waals surface area contributed by atoms with Crippen LogP contribution in [0.25, 0.3) is 17.1 Å². The van der Waals surface area contributed by atoms with Gasteiger partial charge < -0.3 is 5.11 Å². The van der Waals surface area contributed by atoms with Crippen molar-refractivity contribution >= 4 is 29.6 Å². The Balaban J connectivity index is 1.53. The molecule has 0 aliphatic heterocycles. The summed E-state index contributed by atoms with van der Waals surface area (Å²) in [6, 6.07) is 22.1. The van der Waals surface area contributed by atoms with E-state index in [1.165, 1.54) is 36.2 Å². The van der Waals surface area contributed by atoms with E-state index in [1.807, 2.05) is 30.3 Å². The molecule has 0 bridgehead atoms. The van der Waals surface area contributed by atoms with Crippen molar-refractivity contribution in [2.75, 3.05) is 5.75 Å². The molecule has 0 saturated carbocycles. The van der Waals surface area contributed by atoms with Crippen LogP contribution >= 0.6 is 11.8 Å². The van der Waals surface area contributed by atoms with Gasteiger partial charge in [-0.2, -0.15) is 9.67 Å². The van der Waals surface area contributed by atoms with Crippen LogP contribution in [0.2, 0.25) is 0 Å². The van der Waals surface area contributed by atoms with Crippen molar-refractivity contribution in [3.05, 3.63) is 94.5 Å². The van der Waals surface area contributed by atoms with Crippen molar-refractivity contribution < 1.29 is 19.4 Å².